The second kappa shape index (κ2) is 10.8. The van der Waals surface area contributed by atoms with Crippen molar-refractivity contribution in [1.82, 2.24) is 5.01 Å². The number of hydrogen-bond acceptors (Lipinski definition) is 2. The number of hydrogen-bond donors (Lipinski definition) is 1. The van der Waals surface area contributed by atoms with Crippen LogP contribution in [0.15, 0.2) is 83.5 Å². The quantitative estimate of drug-likeness (QED) is 0.452. The van der Waals surface area contributed by atoms with Crippen LogP contribution in [0.25, 0.3) is 11.1 Å². The SMILES string of the molecule is CC(C)=CCC/C(C)=C\CC/C(C)=C\CN1Nc2ccccc2-c2ccccc2C1=O. The lowest BCUT2D eigenvalue weighted by Gasteiger charge is -2.22. The molecule has 1 aliphatic rings. The van der Waals surface area contributed by atoms with Crippen LogP contribution in [-0.2, 0) is 0 Å². The minimum Gasteiger partial charge on any atom is -0.295 e. The van der Waals surface area contributed by atoms with Crippen LogP contribution in [0.5, 0.6) is 0 Å². The van der Waals surface area contributed by atoms with Crippen LogP contribution in [0.1, 0.15) is 63.7 Å². The molecular formula is C28H34N2O. The second-order valence-corrected chi connectivity index (χ2v) is 8.58. The van der Waals surface area contributed by atoms with Gasteiger partial charge in [-0.25, -0.2) is 5.01 Å². The molecule has 3 nitrogen and oxygen atoms in total. The Bertz CT molecular complexity index is 1010. The highest BCUT2D eigenvalue weighted by Crippen LogP contribution is 2.34. The summed E-state index contributed by atoms with van der Waals surface area (Å²) in [5, 5.41) is 1.72. The van der Waals surface area contributed by atoms with Crippen molar-refractivity contribution < 1.29 is 4.79 Å². The van der Waals surface area contributed by atoms with Crippen LogP contribution in [-0.4, -0.2) is 17.5 Å². The number of nitrogens with zero attached hydrogens (tertiary/aromatic N) is 1. The summed E-state index contributed by atoms with van der Waals surface area (Å²) >= 11 is 0. The van der Waals surface area contributed by atoms with Crippen molar-refractivity contribution in [2.45, 2.75) is 53.4 Å². The van der Waals surface area contributed by atoms with Crippen LogP contribution >= 0.6 is 0 Å². The van der Waals surface area contributed by atoms with Crippen molar-refractivity contribution in [2.24, 2.45) is 0 Å². The highest BCUT2D eigenvalue weighted by molar-refractivity contribution is 6.04. The van der Waals surface area contributed by atoms with Crippen LogP contribution in [0.2, 0.25) is 0 Å². The van der Waals surface area contributed by atoms with E-state index in [2.05, 4.69) is 57.4 Å². The number of amides is 1. The van der Waals surface area contributed by atoms with Gasteiger partial charge in [-0.2, -0.15) is 0 Å². The van der Waals surface area contributed by atoms with Crippen molar-refractivity contribution in [2.75, 3.05) is 12.0 Å². The number of benzene rings is 2. The minimum absolute atomic E-state index is 0.00543. The van der Waals surface area contributed by atoms with Gasteiger partial charge in [-0.05, 0) is 71.1 Å². The van der Waals surface area contributed by atoms with Crippen molar-refractivity contribution in [1.29, 1.82) is 0 Å². The number of allylic oxidation sites excluding steroid dienone is 5. The molecular weight excluding hydrogens is 380 g/mol. The molecule has 2 aromatic carbocycles. The molecule has 3 rings (SSSR count). The predicted octanol–water partition coefficient (Wildman–Crippen LogP) is 7.56. The van der Waals surface area contributed by atoms with Crippen LogP contribution in [0.4, 0.5) is 5.69 Å². The zero-order valence-corrected chi connectivity index (χ0v) is 19.2. The van der Waals surface area contributed by atoms with Crippen molar-refractivity contribution in [3.8, 4) is 11.1 Å². The highest BCUT2D eigenvalue weighted by Gasteiger charge is 2.24. The molecule has 0 atom stereocenters. The number of rotatable bonds is 8. The standard InChI is InChI=1S/C28H34N2O/c1-21(2)11-9-12-22(3)13-10-14-23(4)19-20-30-28(31)26-17-6-5-15-24(26)25-16-7-8-18-27(25)29-30/h5-8,11,13,15-19,29H,9-10,12,14,20H2,1-4H3/b22-13-,23-19-. The van der Waals surface area contributed by atoms with E-state index in [9.17, 15) is 4.79 Å². The van der Waals surface area contributed by atoms with E-state index in [0.717, 1.165) is 48.1 Å². The zero-order valence-electron chi connectivity index (χ0n) is 19.2. The molecule has 0 unspecified atom stereocenters. The van der Waals surface area contributed by atoms with E-state index in [1.54, 1.807) is 5.01 Å². The molecule has 1 amide bonds. The fourth-order valence-electron chi connectivity index (χ4n) is 3.78. The van der Waals surface area contributed by atoms with Gasteiger partial charge in [0.25, 0.3) is 5.91 Å². The number of fused-ring (bicyclic) bond motifs is 3. The first kappa shape index (κ1) is 22.6. The summed E-state index contributed by atoms with van der Waals surface area (Å²) in [5.74, 6) is 0.00543. The summed E-state index contributed by atoms with van der Waals surface area (Å²) < 4.78 is 0. The summed E-state index contributed by atoms with van der Waals surface area (Å²) in [5.41, 5.74) is 11.2. The van der Waals surface area contributed by atoms with Gasteiger partial charge in [0.2, 0.25) is 0 Å². The summed E-state index contributed by atoms with van der Waals surface area (Å²) in [6.45, 7) is 9.20. The molecule has 1 aliphatic heterocycles. The Balaban J connectivity index is 1.64. The number of hydrazine groups is 1. The van der Waals surface area contributed by atoms with Crippen molar-refractivity contribution in [3.63, 3.8) is 0 Å². The third kappa shape index (κ3) is 6.21. The van der Waals surface area contributed by atoms with Crippen LogP contribution in [0, 0.1) is 0 Å². The summed E-state index contributed by atoms with van der Waals surface area (Å²) in [7, 11) is 0. The molecule has 0 saturated carbocycles. The molecule has 0 saturated heterocycles. The summed E-state index contributed by atoms with van der Waals surface area (Å²) in [6, 6.07) is 15.9. The van der Waals surface area contributed by atoms with E-state index in [-0.39, 0.29) is 5.91 Å². The molecule has 0 spiro atoms. The molecule has 1 heterocycles. The predicted molar refractivity (Wildman–Crippen MR) is 132 cm³/mol. The molecule has 2 aromatic rings. The third-order valence-electron chi connectivity index (χ3n) is 5.62. The van der Waals surface area contributed by atoms with Gasteiger partial charge in [0, 0.05) is 11.1 Å². The molecule has 0 aromatic heterocycles. The molecule has 3 heteroatoms. The second-order valence-electron chi connectivity index (χ2n) is 8.58. The molecule has 1 N–H and O–H groups in total. The Kier molecular flexibility index (Phi) is 7.88. The molecule has 162 valence electrons. The lowest BCUT2D eigenvalue weighted by Crippen LogP contribution is -2.35. The first-order chi connectivity index (χ1) is 15.0. The van der Waals surface area contributed by atoms with Gasteiger partial charge in [0.1, 0.15) is 0 Å². The Labute approximate surface area is 187 Å². The number of anilines is 1. The van der Waals surface area contributed by atoms with E-state index in [0.29, 0.717) is 6.54 Å². The van der Waals surface area contributed by atoms with Gasteiger partial charge >= 0.3 is 0 Å². The first-order valence-electron chi connectivity index (χ1n) is 11.2. The van der Waals surface area contributed by atoms with Gasteiger partial charge in [-0.1, -0.05) is 71.3 Å². The average molecular weight is 415 g/mol. The lowest BCUT2D eigenvalue weighted by molar-refractivity contribution is 0.0810. The fourth-order valence-corrected chi connectivity index (χ4v) is 3.78. The molecule has 0 fully saturated rings. The minimum atomic E-state index is 0.00543. The van der Waals surface area contributed by atoms with Crippen LogP contribution in [0.3, 0.4) is 0 Å². The van der Waals surface area contributed by atoms with Gasteiger partial charge in [-0.15, -0.1) is 0 Å². The van der Waals surface area contributed by atoms with Gasteiger partial charge < -0.3 is 0 Å². The average Bonchev–Trinajstić information content (AvgIpc) is 2.87. The molecule has 31 heavy (non-hydrogen) atoms. The lowest BCUT2D eigenvalue weighted by atomic mass is 9.98. The maximum atomic E-state index is 13.2. The maximum Gasteiger partial charge on any atom is 0.273 e. The van der Waals surface area contributed by atoms with Gasteiger partial charge in [0.05, 0.1) is 12.2 Å². The van der Waals surface area contributed by atoms with E-state index in [1.807, 2.05) is 42.5 Å². The number of para-hydroxylation sites is 1. The number of nitrogens with one attached hydrogen (secondary N) is 1. The molecule has 0 bridgehead atoms. The van der Waals surface area contributed by atoms with Crippen LogP contribution < -0.4 is 5.43 Å². The topological polar surface area (TPSA) is 32.3 Å². The van der Waals surface area contributed by atoms with Crippen molar-refractivity contribution >= 4 is 11.6 Å². The molecule has 0 radical (unpaired) electrons. The Morgan fingerprint density at radius 2 is 1.35 bits per heavy atom. The van der Waals surface area contributed by atoms with E-state index in [4.69, 9.17) is 0 Å². The Hall–Kier alpha value is -3.07. The van der Waals surface area contributed by atoms with Gasteiger partial charge in [-0.3, -0.25) is 10.2 Å². The molecule has 0 aliphatic carbocycles. The highest BCUT2D eigenvalue weighted by atomic mass is 16.2. The third-order valence-corrected chi connectivity index (χ3v) is 5.62. The smallest absolute Gasteiger partial charge is 0.273 e. The zero-order chi connectivity index (χ0) is 22.2. The Morgan fingerprint density at radius 1 is 0.774 bits per heavy atom. The Morgan fingerprint density at radius 3 is 2.06 bits per heavy atom. The monoisotopic (exact) mass is 414 g/mol. The number of carbonyl (C=O) groups excluding carboxylic acids is 1. The number of carbonyl (C=O) groups is 1. The summed E-state index contributed by atoms with van der Waals surface area (Å²) in [4.78, 5) is 13.2. The largest absolute Gasteiger partial charge is 0.295 e. The summed E-state index contributed by atoms with van der Waals surface area (Å²) in [6.07, 6.45) is 11.1. The van der Waals surface area contributed by atoms with E-state index < -0.39 is 0 Å². The van der Waals surface area contributed by atoms with E-state index in [1.165, 1.54) is 16.7 Å². The maximum absolute atomic E-state index is 13.2. The fraction of sp³-hybridized carbons (Fsp3) is 0.321. The van der Waals surface area contributed by atoms with Gasteiger partial charge in [0.15, 0.2) is 0 Å². The normalized spacial score (nSPS) is 13.8. The first-order valence-corrected chi connectivity index (χ1v) is 11.2. The van der Waals surface area contributed by atoms with Crippen molar-refractivity contribution in [3.05, 3.63) is 89.0 Å². The van der Waals surface area contributed by atoms with E-state index >= 15 is 0 Å².